The van der Waals surface area contributed by atoms with E-state index in [-0.39, 0.29) is 0 Å². The fourth-order valence-electron chi connectivity index (χ4n) is 6.76. The number of hydrogen-bond acceptors (Lipinski definition) is 4. The van der Waals surface area contributed by atoms with Gasteiger partial charge in [0.25, 0.3) is 0 Å². The molecule has 2 N–H and O–H groups in total. The number of rotatable bonds is 5. The van der Waals surface area contributed by atoms with Gasteiger partial charge in [0.2, 0.25) is 0 Å². The van der Waals surface area contributed by atoms with Crippen LogP contribution < -0.4 is 10.6 Å². The summed E-state index contributed by atoms with van der Waals surface area (Å²) in [5.41, 5.74) is 15.9. The molecule has 0 spiro atoms. The Morgan fingerprint density at radius 1 is 0.511 bits per heavy atom. The monoisotopic (exact) mass is 580 g/mol. The van der Waals surface area contributed by atoms with E-state index in [9.17, 15) is 0 Å². The molecule has 214 valence electrons. The summed E-state index contributed by atoms with van der Waals surface area (Å²) in [6.45, 7) is 0.669. The van der Waals surface area contributed by atoms with Gasteiger partial charge in [-0.05, 0) is 64.4 Å². The molecule has 0 radical (unpaired) electrons. The van der Waals surface area contributed by atoms with Crippen molar-refractivity contribution in [1.82, 2.24) is 0 Å². The highest BCUT2D eigenvalue weighted by molar-refractivity contribution is 6.22. The number of fused-ring (bicyclic) bond motifs is 7. The van der Waals surface area contributed by atoms with Crippen LogP contribution in [0.25, 0.3) is 65.8 Å². The Balaban J connectivity index is 1.23. The van der Waals surface area contributed by atoms with E-state index in [1.54, 1.807) is 0 Å². The van der Waals surface area contributed by atoms with Gasteiger partial charge in [-0.1, -0.05) is 103 Å². The van der Waals surface area contributed by atoms with Crippen LogP contribution in [0.2, 0.25) is 0 Å². The lowest BCUT2D eigenvalue weighted by molar-refractivity contribution is 0.658. The summed E-state index contributed by atoms with van der Waals surface area (Å²) in [5.74, 6) is 0. The number of hydrogen-bond donors (Lipinski definition) is 1. The van der Waals surface area contributed by atoms with Crippen molar-refractivity contribution in [2.24, 2.45) is 0 Å². The fraction of sp³-hybridized carbons (Fsp3) is 0.0244. The van der Waals surface area contributed by atoms with Gasteiger partial charge in [0.15, 0.2) is 0 Å². The maximum atomic E-state index is 6.58. The summed E-state index contributed by atoms with van der Waals surface area (Å²) in [6, 6.07) is 50.4. The van der Waals surface area contributed by atoms with Crippen LogP contribution in [0.4, 0.5) is 17.1 Å². The van der Waals surface area contributed by atoms with Gasteiger partial charge in [-0.2, -0.15) is 0 Å². The summed E-state index contributed by atoms with van der Waals surface area (Å²) in [7, 11) is 0. The lowest BCUT2D eigenvalue weighted by Crippen LogP contribution is -2.18. The standard InChI is InChI=1S/C41H28N2O2/c42-35-16-5-6-17-36(35)43(25-28-12-9-11-26-10-1-2-13-30(26)28)29-22-20-27(21-23-29)39-40-33(31-14-3-7-18-37(31)44-40)24-34-32-15-4-8-19-38(32)45-41(34)39/h1-24H,25,42H2. The van der Waals surface area contributed by atoms with E-state index in [2.05, 4.69) is 108 Å². The van der Waals surface area contributed by atoms with Gasteiger partial charge in [0, 0.05) is 33.8 Å². The minimum atomic E-state index is 0.669. The smallest absolute Gasteiger partial charge is 0.147 e. The second-order valence-electron chi connectivity index (χ2n) is 11.5. The van der Waals surface area contributed by atoms with Crippen LogP contribution in [0.15, 0.2) is 154 Å². The van der Waals surface area contributed by atoms with Crippen molar-refractivity contribution in [1.29, 1.82) is 0 Å². The van der Waals surface area contributed by atoms with Crippen molar-refractivity contribution in [2.45, 2.75) is 6.54 Å². The van der Waals surface area contributed by atoms with Crippen LogP contribution >= 0.6 is 0 Å². The molecular weight excluding hydrogens is 552 g/mol. The minimum absolute atomic E-state index is 0.669. The Bertz CT molecular complexity index is 2450. The van der Waals surface area contributed by atoms with Gasteiger partial charge in [0.1, 0.15) is 22.3 Å². The molecule has 4 nitrogen and oxygen atoms in total. The molecule has 9 aromatic rings. The lowest BCUT2D eigenvalue weighted by atomic mass is 9.98. The number of nitrogen functional groups attached to an aromatic ring is 1. The predicted molar refractivity (Wildman–Crippen MR) is 187 cm³/mol. The molecule has 4 heteroatoms. The van der Waals surface area contributed by atoms with E-state index in [0.29, 0.717) is 6.54 Å². The Morgan fingerprint density at radius 3 is 1.78 bits per heavy atom. The normalized spacial score (nSPS) is 11.7. The molecular formula is C41H28N2O2. The molecule has 0 saturated carbocycles. The molecule has 7 aromatic carbocycles. The second kappa shape index (κ2) is 10.0. The fourth-order valence-corrected chi connectivity index (χ4v) is 6.76. The summed E-state index contributed by atoms with van der Waals surface area (Å²) in [4.78, 5) is 2.29. The molecule has 0 unspecified atom stereocenters. The zero-order valence-electron chi connectivity index (χ0n) is 24.4. The molecule has 0 atom stereocenters. The first-order chi connectivity index (χ1) is 22.2. The average molecular weight is 581 g/mol. The number of nitrogens with zero attached hydrogens (tertiary/aromatic N) is 1. The van der Waals surface area contributed by atoms with Crippen LogP contribution in [0, 0.1) is 0 Å². The maximum absolute atomic E-state index is 6.58. The van der Waals surface area contributed by atoms with Crippen LogP contribution in [-0.4, -0.2) is 0 Å². The third-order valence-corrected chi connectivity index (χ3v) is 8.91. The van der Waals surface area contributed by atoms with Crippen molar-refractivity contribution in [2.75, 3.05) is 10.6 Å². The summed E-state index contributed by atoms with van der Waals surface area (Å²) < 4.78 is 13.1. The molecule has 0 aliphatic carbocycles. The van der Waals surface area contributed by atoms with Crippen molar-refractivity contribution >= 4 is 71.7 Å². The maximum Gasteiger partial charge on any atom is 0.147 e. The Labute approximate surface area is 259 Å². The summed E-state index contributed by atoms with van der Waals surface area (Å²) >= 11 is 0. The van der Waals surface area contributed by atoms with Crippen LogP contribution in [0.5, 0.6) is 0 Å². The zero-order chi connectivity index (χ0) is 29.9. The third kappa shape index (κ3) is 4.07. The van der Waals surface area contributed by atoms with Crippen molar-refractivity contribution < 1.29 is 8.83 Å². The van der Waals surface area contributed by atoms with Crippen molar-refractivity contribution in [3.05, 3.63) is 151 Å². The average Bonchev–Trinajstić information content (AvgIpc) is 3.65. The first kappa shape index (κ1) is 25.5. The third-order valence-electron chi connectivity index (χ3n) is 8.91. The van der Waals surface area contributed by atoms with Gasteiger partial charge in [-0.25, -0.2) is 0 Å². The molecule has 0 amide bonds. The first-order valence-electron chi connectivity index (χ1n) is 15.2. The highest BCUT2D eigenvalue weighted by Crippen LogP contribution is 2.45. The second-order valence-corrected chi connectivity index (χ2v) is 11.5. The van der Waals surface area contributed by atoms with E-state index < -0.39 is 0 Å². The van der Waals surface area contributed by atoms with Crippen LogP contribution in [0.3, 0.4) is 0 Å². The van der Waals surface area contributed by atoms with Crippen molar-refractivity contribution in [3.63, 3.8) is 0 Å². The van der Waals surface area contributed by atoms with Crippen LogP contribution in [-0.2, 0) is 6.54 Å². The van der Waals surface area contributed by atoms with Crippen LogP contribution in [0.1, 0.15) is 5.56 Å². The van der Waals surface area contributed by atoms with Gasteiger partial charge in [0.05, 0.1) is 16.9 Å². The Morgan fingerprint density at radius 2 is 1.09 bits per heavy atom. The summed E-state index contributed by atoms with van der Waals surface area (Å²) in [5, 5.41) is 6.81. The number of benzene rings is 7. The largest absolute Gasteiger partial charge is 0.455 e. The van der Waals surface area contributed by atoms with Crippen molar-refractivity contribution in [3.8, 4) is 11.1 Å². The number of anilines is 3. The van der Waals surface area contributed by atoms with E-state index in [0.717, 1.165) is 72.1 Å². The Kier molecular flexibility index (Phi) is 5.69. The zero-order valence-corrected chi connectivity index (χ0v) is 24.4. The van der Waals surface area contributed by atoms with Gasteiger partial charge in [-0.3, -0.25) is 0 Å². The minimum Gasteiger partial charge on any atom is -0.455 e. The van der Waals surface area contributed by atoms with E-state index >= 15 is 0 Å². The quantitative estimate of drug-likeness (QED) is 0.206. The molecule has 0 fully saturated rings. The molecule has 9 rings (SSSR count). The number of para-hydroxylation sites is 4. The SMILES string of the molecule is Nc1ccccc1N(Cc1cccc2ccccc12)c1ccc(-c2c3oc4ccccc4c3cc3c2oc2ccccc23)cc1. The number of furan rings is 2. The predicted octanol–water partition coefficient (Wildman–Crippen LogP) is 11.2. The topological polar surface area (TPSA) is 55.5 Å². The first-order valence-corrected chi connectivity index (χ1v) is 15.2. The molecule has 0 saturated heterocycles. The summed E-state index contributed by atoms with van der Waals surface area (Å²) in [6.07, 6.45) is 0. The Hall–Kier alpha value is -6.00. The van der Waals surface area contributed by atoms with E-state index in [1.807, 2.05) is 42.5 Å². The molecule has 0 aliphatic rings. The van der Waals surface area contributed by atoms with E-state index in [1.165, 1.54) is 16.3 Å². The lowest BCUT2D eigenvalue weighted by Gasteiger charge is -2.27. The van der Waals surface area contributed by atoms with Gasteiger partial charge < -0.3 is 19.5 Å². The highest BCUT2D eigenvalue weighted by Gasteiger charge is 2.22. The van der Waals surface area contributed by atoms with Gasteiger partial charge in [-0.15, -0.1) is 0 Å². The molecule has 2 heterocycles. The molecule has 2 aromatic heterocycles. The number of nitrogens with two attached hydrogens (primary N) is 1. The molecule has 45 heavy (non-hydrogen) atoms. The molecule has 0 aliphatic heterocycles. The van der Waals surface area contributed by atoms with E-state index in [4.69, 9.17) is 14.6 Å². The molecule has 0 bridgehead atoms. The van der Waals surface area contributed by atoms with Gasteiger partial charge >= 0.3 is 0 Å². The highest BCUT2D eigenvalue weighted by atomic mass is 16.3.